The van der Waals surface area contributed by atoms with Crippen LogP contribution in [0.4, 0.5) is 11.4 Å². The Balaban J connectivity index is 1.37. The molecule has 5 aromatic carbocycles. The van der Waals surface area contributed by atoms with Crippen molar-refractivity contribution >= 4 is 23.2 Å². The van der Waals surface area contributed by atoms with Crippen LogP contribution in [0.25, 0.3) is 0 Å². The highest BCUT2D eigenvalue weighted by atomic mass is 16.5. The van der Waals surface area contributed by atoms with Gasteiger partial charge in [-0.1, -0.05) is 48.5 Å². The second kappa shape index (κ2) is 11.3. The molecule has 2 atom stereocenters. The van der Waals surface area contributed by atoms with E-state index in [1.165, 1.54) is 0 Å². The van der Waals surface area contributed by atoms with Crippen molar-refractivity contribution in [2.24, 2.45) is 0 Å². The van der Waals surface area contributed by atoms with Crippen molar-refractivity contribution in [3.05, 3.63) is 142 Å². The van der Waals surface area contributed by atoms with E-state index < -0.39 is 22.9 Å². The van der Waals surface area contributed by atoms with Gasteiger partial charge in [0.15, 0.2) is 11.1 Å². The SMILES string of the molecule is CCN(CC)c1ccc2c(c1)Oc1cc3c(cc1C21c2ccccc2C(=O)N1O)C1(c2ccc(N(CC)CC)cc2O3)c2ccccc2C(=O)N1O. The number of benzene rings is 5. The number of rotatable bonds is 6. The molecule has 0 saturated carbocycles. The second-order valence-corrected chi connectivity index (χ2v) is 13.5. The van der Waals surface area contributed by atoms with Gasteiger partial charge in [0.25, 0.3) is 11.8 Å². The topological polar surface area (TPSA) is 106 Å². The van der Waals surface area contributed by atoms with Crippen molar-refractivity contribution in [2.75, 3.05) is 36.0 Å². The summed E-state index contributed by atoms with van der Waals surface area (Å²) in [5, 5.41) is 25.8. The molecule has 5 aromatic rings. The summed E-state index contributed by atoms with van der Waals surface area (Å²) < 4.78 is 13.5. The number of hydroxylamine groups is 4. The van der Waals surface area contributed by atoms with E-state index in [0.717, 1.165) is 47.7 Å². The van der Waals surface area contributed by atoms with Crippen LogP contribution in [0, 0.1) is 0 Å². The predicted octanol–water partition coefficient (Wildman–Crippen LogP) is 7.86. The molecule has 0 bridgehead atoms. The molecule has 2 amide bonds. The average molecular weight is 695 g/mol. The maximum absolute atomic E-state index is 14.0. The molecular formula is C42H38N4O6. The largest absolute Gasteiger partial charge is 0.456 e. The van der Waals surface area contributed by atoms with Crippen LogP contribution >= 0.6 is 0 Å². The maximum Gasteiger partial charge on any atom is 0.279 e. The molecule has 262 valence electrons. The van der Waals surface area contributed by atoms with E-state index in [0.29, 0.717) is 67.5 Å². The van der Waals surface area contributed by atoms with Crippen molar-refractivity contribution in [1.29, 1.82) is 0 Å². The number of fused-ring (bicyclic) bond motifs is 12. The van der Waals surface area contributed by atoms with E-state index in [-0.39, 0.29) is 0 Å². The van der Waals surface area contributed by atoms with Gasteiger partial charge in [-0.05, 0) is 58.0 Å². The highest BCUT2D eigenvalue weighted by Crippen LogP contribution is 2.63. The summed E-state index contributed by atoms with van der Waals surface area (Å²) in [6, 6.07) is 29.6. The minimum absolute atomic E-state index is 0.361. The Morgan fingerprint density at radius 1 is 0.500 bits per heavy atom. The van der Waals surface area contributed by atoms with Gasteiger partial charge >= 0.3 is 0 Å². The minimum atomic E-state index is -1.52. The lowest BCUT2D eigenvalue weighted by Crippen LogP contribution is -2.47. The monoisotopic (exact) mass is 694 g/mol. The molecule has 0 fully saturated rings. The molecule has 52 heavy (non-hydrogen) atoms. The molecule has 4 heterocycles. The van der Waals surface area contributed by atoms with Crippen LogP contribution in [0.3, 0.4) is 0 Å². The summed E-state index contributed by atoms with van der Waals surface area (Å²) >= 11 is 0. The van der Waals surface area contributed by atoms with Gasteiger partial charge in [0.1, 0.15) is 23.0 Å². The number of carbonyl (C=O) groups excluding carboxylic acids is 2. The van der Waals surface area contributed by atoms with Gasteiger partial charge < -0.3 is 19.3 Å². The van der Waals surface area contributed by atoms with Gasteiger partial charge in [-0.25, -0.2) is 10.1 Å². The van der Waals surface area contributed by atoms with E-state index in [2.05, 4.69) is 37.5 Å². The highest BCUT2D eigenvalue weighted by Gasteiger charge is 2.61. The van der Waals surface area contributed by atoms with Crippen LogP contribution in [0.1, 0.15) is 81.8 Å². The van der Waals surface area contributed by atoms with Gasteiger partial charge in [0.2, 0.25) is 0 Å². The van der Waals surface area contributed by atoms with Crippen molar-refractivity contribution in [3.8, 4) is 23.0 Å². The molecule has 0 saturated heterocycles. The zero-order chi connectivity index (χ0) is 36.1. The Bertz CT molecular complexity index is 2180. The Morgan fingerprint density at radius 2 is 0.885 bits per heavy atom. The number of anilines is 2. The highest BCUT2D eigenvalue weighted by molar-refractivity contribution is 6.03. The molecule has 9 rings (SSSR count). The summed E-state index contributed by atoms with van der Waals surface area (Å²) in [6.45, 7) is 11.5. The number of ether oxygens (including phenoxy) is 2. The third kappa shape index (κ3) is 3.85. The van der Waals surface area contributed by atoms with Crippen molar-refractivity contribution in [1.82, 2.24) is 10.1 Å². The van der Waals surface area contributed by atoms with E-state index >= 15 is 0 Å². The van der Waals surface area contributed by atoms with E-state index in [1.807, 2.05) is 66.7 Å². The third-order valence-electron chi connectivity index (χ3n) is 11.4. The van der Waals surface area contributed by atoms with Gasteiger partial charge in [-0.15, -0.1) is 0 Å². The molecule has 10 heteroatoms. The van der Waals surface area contributed by atoms with Gasteiger partial charge in [0.05, 0.1) is 0 Å². The molecule has 2 spiro atoms. The molecule has 0 radical (unpaired) electrons. The normalized spacial score (nSPS) is 20.1. The van der Waals surface area contributed by atoms with Crippen LogP contribution in [-0.4, -0.2) is 58.5 Å². The summed E-state index contributed by atoms with van der Waals surface area (Å²) in [4.78, 5) is 32.3. The van der Waals surface area contributed by atoms with E-state index in [4.69, 9.17) is 9.47 Å². The molecular weight excluding hydrogens is 656 g/mol. The standard InChI is InChI=1S/C42H38N4O6/c1-5-43(6-2)25-17-19-31-35(21-25)51-37-24-38-34(23-33(37)41(31)29-15-11-9-13-27(29)39(47)45(41)49)42(30-16-12-10-14-28(30)40(48)46(42)50)32-20-18-26(22-36(32)52-38)44(7-3)8-4/h9-24,49-50H,5-8H2,1-4H3. The van der Waals surface area contributed by atoms with Crippen LogP contribution in [0.5, 0.6) is 23.0 Å². The van der Waals surface area contributed by atoms with Gasteiger partial charge in [-0.3, -0.25) is 20.0 Å². The first-order valence-corrected chi connectivity index (χ1v) is 17.8. The fourth-order valence-corrected chi connectivity index (χ4v) is 8.95. The van der Waals surface area contributed by atoms with Gasteiger partial charge in [-0.2, -0.15) is 0 Å². The molecule has 2 unspecified atom stereocenters. The van der Waals surface area contributed by atoms with Crippen LogP contribution in [-0.2, 0) is 11.1 Å². The van der Waals surface area contributed by atoms with E-state index in [1.54, 1.807) is 30.3 Å². The minimum Gasteiger partial charge on any atom is -0.456 e. The van der Waals surface area contributed by atoms with E-state index in [9.17, 15) is 20.0 Å². The summed E-state index contributed by atoms with van der Waals surface area (Å²) in [5.74, 6) is 0.607. The molecule has 4 aliphatic heterocycles. The lowest BCUT2D eigenvalue weighted by Gasteiger charge is -2.45. The second-order valence-electron chi connectivity index (χ2n) is 13.5. The predicted molar refractivity (Wildman–Crippen MR) is 195 cm³/mol. The van der Waals surface area contributed by atoms with Crippen LogP contribution < -0.4 is 19.3 Å². The number of amides is 2. The van der Waals surface area contributed by atoms with Crippen LogP contribution in [0.15, 0.2) is 97.1 Å². The first-order valence-electron chi connectivity index (χ1n) is 17.8. The third-order valence-corrected chi connectivity index (χ3v) is 11.4. The molecule has 2 N–H and O–H groups in total. The summed E-state index contributed by atoms with van der Waals surface area (Å²) in [5.41, 5.74) is 2.81. The molecule has 4 aliphatic rings. The lowest BCUT2D eigenvalue weighted by atomic mass is 9.71. The van der Waals surface area contributed by atoms with Crippen molar-refractivity contribution in [2.45, 2.75) is 38.8 Å². The summed E-state index contributed by atoms with van der Waals surface area (Å²) in [7, 11) is 0. The van der Waals surface area contributed by atoms with Crippen molar-refractivity contribution < 1.29 is 29.5 Å². The number of hydrogen-bond acceptors (Lipinski definition) is 8. The smallest absolute Gasteiger partial charge is 0.279 e. The number of carbonyl (C=O) groups is 2. The lowest BCUT2D eigenvalue weighted by molar-refractivity contribution is -0.104. The average Bonchev–Trinajstić information content (AvgIpc) is 3.52. The maximum atomic E-state index is 14.0. The zero-order valence-corrected chi connectivity index (χ0v) is 29.4. The fourth-order valence-electron chi connectivity index (χ4n) is 8.95. The first-order chi connectivity index (χ1) is 25.2. The zero-order valence-electron chi connectivity index (χ0n) is 29.4. The Morgan fingerprint density at radius 3 is 1.29 bits per heavy atom. The molecule has 0 aliphatic carbocycles. The Labute approximate surface area is 301 Å². The van der Waals surface area contributed by atoms with Gasteiger partial charge in [0, 0.05) is 100 Å². The Kier molecular flexibility index (Phi) is 6.99. The van der Waals surface area contributed by atoms with Crippen molar-refractivity contribution in [3.63, 3.8) is 0 Å². The summed E-state index contributed by atoms with van der Waals surface area (Å²) in [6.07, 6.45) is 0. The number of nitrogens with zero attached hydrogens (tertiary/aromatic N) is 4. The Hall–Kier alpha value is -5.84. The fraction of sp³-hybridized carbons (Fsp3) is 0.238. The quantitative estimate of drug-likeness (QED) is 0.173. The molecule has 0 aromatic heterocycles. The molecule has 10 nitrogen and oxygen atoms in total. The van der Waals surface area contributed by atoms with Crippen LogP contribution in [0.2, 0.25) is 0 Å². The number of hydrogen-bond donors (Lipinski definition) is 2. The first kappa shape index (κ1) is 32.1.